The molecule has 3 aliphatic heterocycles. The van der Waals surface area contributed by atoms with Gasteiger partial charge < -0.3 is 13.8 Å². The molecule has 0 amide bonds. The fourth-order valence-corrected chi connectivity index (χ4v) is 11.5. The average Bonchev–Trinajstić information content (AvgIpc) is 3.81. The van der Waals surface area contributed by atoms with Gasteiger partial charge in [-0.15, -0.1) is 0 Å². The van der Waals surface area contributed by atoms with Gasteiger partial charge in [-0.05, 0) is 103 Å². The van der Waals surface area contributed by atoms with E-state index in [0.29, 0.717) is 0 Å². The van der Waals surface area contributed by atoms with Crippen molar-refractivity contribution in [3.63, 3.8) is 0 Å². The number of hydrogen-bond donors (Lipinski definition) is 0. The van der Waals surface area contributed by atoms with Crippen molar-refractivity contribution in [1.29, 1.82) is 0 Å². The Morgan fingerprint density at radius 2 is 1.16 bits per heavy atom. The normalized spacial score (nSPS) is 14.8. The standard InChI is InChI=1S/C57H45BN2O/c1-55(2,3)36-28-29-47-39(30-36)41-31-37(56(4,5)6)32-42-40-33-43-38-22-13-16-27-49(38)61-54(43)53-50(40)58(60(47)51(41)42)46-25-17-24-45-52(46)59(53)48-26-15-14-23-44(48)57(45,34-18-9-7-10-19-34)35-20-11-8-12-21-35/h7-33H,1-6H3. The molecule has 0 saturated carbocycles. The molecular formula is C57H45BN2O. The minimum absolute atomic E-state index is 0.00433. The average molecular weight is 785 g/mol. The number of aromatic nitrogens is 1. The smallest absolute Gasteiger partial charge is 0.333 e. The second kappa shape index (κ2) is 11.7. The van der Waals surface area contributed by atoms with E-state index in [4.69, 9.17) is 4.42 Å². The minimum Gasteiger partial charge on any atom is -0.454 e. The van der Waals surface area contributed by atoms with Crippen LogP contribution in [-0.2, 0) is 16.2 Å². The number of anilines is 3. The van der Waals surface area contributed by atoms with E-state index < -0.39 is 5.41 Å². The Kier molecular flexibility index (Phi) is 6.74. The lowest BCUT2D eigenvalue weighted by molar-refractivity contribution is 0.590. The fourth-order valence-electron chi connectivity index (χ4n) is 11.5. The molecule has 0 saturated heterocycles. The molecule has 5 heterocycles. The summed E-state index contributed by atoms with van der Waals surface area (Å²) in [5.74, 6) is 0. The molecule has 8 aromatic carbocycles. The van der Waals surface area contributed by atoms with E-state index in [9.17, 15) is 0 Å². The van der Waals surface area contributed by atoms with Crippen molar-refractivity contribution in [1.82, 2.24) is 4.48 Å². The van der Waals surface area contributed by atoms with Crippen molar-refractivity contribution < 1.29 is 4.42 Å². The van der Waals surface area contributed by atoms with Crippen molar-refractivity contribution in [2.24, 2.45) is 0 Å². The molecule has 2 aromatic heterocycles. The van der Waals surface area contributed by atoms with Gasteiger partial charge >= 0.3 is 6.85 Å². The maximum Gasteiger partial charge on any atom is 0.333 e. The third-order valence-corrected chi connectivity index (χ3v) is 14.3. The molecule has 0 bridgehead atoms. The molecule has 61 heavy (non-hydrogen) atoms. The lowest BCUT2D eigenvalue weighted by Crippen LogP contribution is -2.58. The van der Waals surface area contributed by atoms with Gasteiger partial charge in [0.15, 0.2) is 5.58 Å². The first-order valence-electron chi connectivity index (χ1n) is 21.8. The first-order valence-corrected chi connectivity index (χ1v) is 21.8. The molecule has 292 valence electrons. The van der Waals surface area contributed by atoms with Gasteiger partial charge in [0.2, 0.25) is 0 Å². The van der Waals surface area contributed by atoms with Crippen LogP contribution in [0.2, 0.25) is 0 Å². The summed E-state index contributed by atoms with van der Waals surface area (Å²) in [5, 5.41) is 4.94. The molecule has 0 radical (unpaired) electrons. The quantitative estimate of drug-likeness (QED) is 0.163. The van der Waals surface area contributed by atoms with Crippen LogP contribution in [0.5, 0.6) is 0 Å². The summed E-state index contributed by atoms with van der Waals surface area (Å²) in [6, 6.07) is 62.0. The van der Waals surface area contributed by atoms with Crippen LogP contribution >= 0.6 is 0 Å². The van der Waals surface area contributed by atoms with Gasteiger partial charge in [0, 0.05) is 43.8 Å². The number of rotatable bonds is 2. The molecule has 0 aliphatic carbocycles. The highest BCUT2D eigenvalue weighted by atomic mass is 16.3. The van der Waals surface area contributed by atoms with Crippen LogP contribution in [0.25, 0.3) is 54.9 Å². The first kappa shape index (κ1) is 35.0. The monoisotopic (exact) mass is 784 g/mol. The zero-order valence-electron chi connectivity index (χ0n) is 35.5. The molecule has 13 rings (SSSR count). The van der Waals surface area contributed by atoms with Crippen LogP contribution in [0.1, 0.15) is 74.9 Å². The summed E-state index contributed by atoms with van der Waals surface area (Å²) in [6.45, 7) is 13.9. The molecule has 0 fully saturated rings. The first-order chi connectivity index (χ1) is 29.5. The molecule has 10 aromatic rings. The van der Waals surface area contributed by atoms with E-state index in [1.54, 1.807) is 0 Å². The van der Waals surface area contributed by atoms with Crippen LogP contribution in [0.3, 0.4) is 0 Å². The Morgan fingerprint density at radius 1 is 0.508 bits per heavy atom. The van der Waals surface area contributed by atoms with Gasteiger partial charge in [-0.3, -0.25) is 0 Å². The van der Waals surface area contributed by atoms with E-state index in [-0.39, 0.29) is 17.7 Å². The van der Waals surface area contributed by atoms with E-state index >= 15 is 0 Å². The topological polar surface area (TPSA) is 21.3 Å². The Balaban J connectivity index is 1.27. The zero-order chi connectivity index (χ0) is 41.2. The molecule has 0 atom stereocenters. The van der Waals surface area contributed by atoms with Gasteiger partial charge in [0.05, 0.1) is 16.8 Å². The molecular weight excluding hydrogens is 739 g/mol. The third kappa shape index (κ3) is 4.40. The van der Waals surface area contributed by atoms with Crippen LogP contribution in [0.4, 0.5) is 17.1 Å². The van der Waals surface area contributed by atoms with E-state index in [0.717, 1.165) is 27.6 Å². The lowest BCUT2D eigenvalue weighted by Gasteiger charge is -2.50. The zero-order valence-corrected chi connectivity index (χ0v) is 35.5. The molecule has 0 N–H and O–H groups in total. The number of nitrogens with zero attached hydrogens (tertiary/aromatic N) is 2. The van der Waals surface area contributed by atoms with Crippen molar-refractivity contribution in [2.75, 3.05) is 4.90 Å². The molecule has 0 unspecified atom stereocenters. The molecule has 4 heteroatoms. The summed E-state index contributed by atoms with van der Waals surface area (Å²) in [4.78, 5) is 2.60. The van der Waals surface area contributed by atoms with Gasteiger partial charge in [-0.25, -0.2) is 0 Å². The highest BCUT2D eigenvalue weighted by Crippen LogP contribution is 2.60. The largest absolute Gasteiger partial charge is 0.454 e. The van der Waals surface area contributed by atoms with Gasteiger partial charge in [0.1, 0.15) is 5.58 Å². The summed E-state index contributed by atoms with van der Waals surface area (Å²) in [7, 11) is 0. The van der Waals surface area contributed by atoms with Gasteiger partial charge in [0.25, 0.3) is 0 Å². The van der Waals surface area contributed by atoms with Crippen LogP contribution in [0.15, 0.2) is 168 Å². The number of fused-ring (bicyclic) bond motifs is 13. The van der Waals surface area contributed by atoms with Crippen molar-refractivity contribution in [2.45, 2.75) is 57.8 Å². The van der Waals surface area contributed by atoms with Gasteiger partial charge in [-0.1, -0.05) is 163 Å². The van der Waals surface area contributed by atoms with E-state index in [1.165, 1.54) is 88.6 Å². The lowest BCUT2D eigenvalue weighted by atomic mass is 9.43. The second-order valence-electron chi connectivity index (χ2n) is 19.7. The molecule has 3 aliphatic rings. The SMILES string of the molecule is CC(C)(C)c1ccc2c(c1)c1cc(C(C)(C)C)cc3c1n2B1c2cccc4c2N(c2ccccc2C4(c2ccccc2)c2ccccc2)c2c1c-3cc1c2oc2ccccc21. The molecule has 3 nitrogen and oxygen atoms in total. The van der Waals surface area contributed by atoms with Crippen LogP contribution in [-0.4, -0.2) is 11.3 Å². The third-order valence-electron chi connectivity index (χ3n) is 14.3. The van der Waals surface area contributed by atoms with E-state index in [1.807, 2.05) is 0 Å². The number of benzene rings is 8. The number of hydrogen-bond acceptors (Lipinski definition) is 2. The number of para-hydroxylation sites is 3. The predicted molar refractivity (Wildman–Crippen MR) is 257 cm³/mol. The summed E-state index contributed by atoms with van der Waals surface area (Å²) < 4.78 is 9.89. The maximum absolute atomic E-state index is 7.18. The van der Waals surface area contributed by atoms with E-state index in [2.05, 4.69) is 215 Å². The Hall–Kier alpha value is -6.78. The second-order valence-corrected chi connectivity index (χ2v) is 19.7. The maximum atomic E-state index is 7.18. The minimum atomic E-state index is -0.590. The van der Waals surface area contributed by atoms with Crippen molar-refractivity contribution >= 4 is 78.6 Å². The Morgan fingerprint density at radius 3 is 1.90 bits per heavy atom. The highest BCUT2D eigenvalue weighted by Gasteiger charge is 2.53. The summed E-state index contributed by atoms with van der Waals surface area (Å²) in [5.41, 5.74) is 20.2. The predicted octanol–water partition coefficient (Wildman–Crippen LogP) is 13.4. The Bertz CT molecular complexity index is 3470. The number of furan rings is 1. The summed E-state index contributed by atoms with van der Waals surface area (Å²) in [6.07, 6.45) is 0. The summed E-state index contributed by atoms with van der Waals surface area (Å²) >= 11 is 0. The highest BCUT2D eigenvalue weighted by molar-refractivity contribution is 6.90. The Labute approximate surface area is 357 Å². The fraction of sp³-hybridized carbons (Fsp3) is 0.158. The molecule has 0 spiro atoms. The van der Waals surface area contributed by atoms with Crippen LogP contribution in [0, 0.1) is 0 Å². The van der Waals surface area contributed by atoms with Crippen LogP contribution < -0.4 is 15.8 Å². The van der Waals surface area contributed by atoms with Gasteiger partial charge in [-0.2, -0.15) is 0 Å². The van der Waals surface area contributed by atoms with Crippen molar-refractivity contribution in [3.8, 4) is 11.1 Å². The van der Waals surface area contributed by atoms with Crippen molar-refractivity contribution in [3.05, 3.63) is 197 Å².